The minimum absolute atomic E-state index is 0.0603. The molecule has 21 heavy (non-hydrogen) atoms. The van der Waals surface area contributed by atoms with Gasteiger partial charge in [-0.1, -0.05) is 53.5 Å². The van der Waals surface area contributed by atoms with Crippen LogP contribution in [-0.4, -0.2) is 11.7 Å². The van der Waals surface area contributed by atoms with Crippen molar-refractivity contribution in [2.24, 2.45) is 0 Å². The average Bonchev–Trinajstić information content (AvgIpc) is 2.44. The second-order valence-corrected chi connectivity index (χ2v) is 5.37. The Morgan fingerprint density at radius 3 is 2.14 bits per heavy atom. The van der Waals surface area contributed by atoms with Crippen LogP contribution in [0.15, 0.2) is 48.5 Å². The fraction of sp³-hybridized carbons (Fsp3) is 0.125. The van der Waals surface area contributed by atoms with Gasteiger partial charge in [-0.05, 0) is 18.2 Å². The molecule has 2 aromatic rings. The molecular formula is C16H13Cl2NO2. The molecule has 0 saturated carbocycles. The van der Waals surface area contributed by atoms with Gasteiger partial charge in [-0.3, -0.25) is 9.59 Å². The van der Waals surface area contributed by atoms with Crippen molar-refractivity contribution >= 4 is 40.6 Å². The molecule has 0 aliphatic heterocycles. The highest BCUT2D eigenvalue weighted by atomic mass is 35.5. The molecule has 0 saturated heterocycles. The van der Waals surface area contributed by atoms with E-state index >= 15 is 0 Å². The molecule has 0 atom stereocenters. The number of anilines is 1. The van der Waals surface area contributed by atoms with Gasteiger partial charge < -0.3 is 5.32 Å². The summed E-state index contributed by atoms with van der Waals surface area (Å²) in [7, 11) is 0. The first-order valence-corrected chi connectivity index (χ1v) is 7.14. The summed E-state index contributed by atoms with van der Waals surface area (Å²) in [6.45, 7) is 0. The molecule has 2 rings (SSSR count). The van der Waals surface area contributed by atoms with E-state index in [4.69, 9.17) is 23.2 Å². The van der Waals surface area contributed by atoms with E-state index in [9.17, 15) is 9.59 Å². The van der Waals surface area contributed by atoms with Crippen molar-refractivity contribution in [1.82, 2.24) is 0 Å². The number of ketones is 1. The normalized spacial score (nSPS) is 10.2. The van der Waals surface area contributed by atoms with E-state index in [1.165, 1.54) is 0 Å². The predicted octanol–water partition coefficient (Wildman–Crippen LogP) is 4.60. The lowest BCUT2D eigenvalue weighted by atomic mass is 10.1. The lowest BCUT2D eigenvalue weighted by molar-refractivity contribution is -0.116. The van der Waals surface area contributed by atoms with Crippen molar-refractivity contribution in [3.63, 3.8) is 0 Å². The Labute approximate surface area is 132 Å². The number of hydrogen-bond acceptors (Lipinski definition) is 2. The summed E-state index contributed by atoms with van der Waals surface area (Å²) in [6, 6.07) is 13.7. The molecule has 0 bridgehead atoms. The van der Waals surface area contributed by atoms with Gasteiger partial charge in [-0.2, -0.15) is 0 Å². The molecular weight excluding hydrogens is 309 g/mol. The van der Waals surface area contributed by atoms with Crippen molar-refractivity contribution in [1.29, 1.82) is 0 Å². The fourth-order valence-electron chi connectivity index (χ4n) is 1.84. The lowest BCUT2D eigenvalue weighted by Crippen LogP contribution is -2.13. The Bertz CT molecular complexity index is 636. The van der Waals surface area contributed by atoms with E-state index in [1.54, 1.807) is 42.5 Å². The highest BCUT2D eigenvalue weighted by Crippen LogP contribution is 2.22. The van der Waals surface area contributed by atoms with E-state index in [0.717, 1.165) is 0 Å². The number of hydrogen-bond donors (Lipinski definition) is 1. The van der Waals surface area contributed by atoms with Crippen LogP contribution in [0.2, 0.25) is 10.0 Å². The summed E-state index contributed by atoms with van der Waals surface area (Å²) in [5, 5.41) is 3.56. The predicted molar refractivity (Wildman–Crippen MR) is 85.1 cm³/mol. The van der Waals surface area contributed by atoms with Gasteiger partial charge in [0.1, 0.15) is 0 Å². The molecule has 108 valence electrons. The van der Waals surface area contributed by atoms with Gasteiger partial charge in [-0.15, -0.1) is 0 Å². The standard InChI is InChI=1S/C16H13Cl2NO2/c17-12-8-13(18)10-14(9-12)19-16(21)7-6-15(20)11-4-2-1-3-5-11/h1-5,8-10H,6-7H2,(H,19,21). The number of benzene rings is 2. The summed E-state index contributed by atoms with van der Waals surface area (Å²) in [5.74, 6) is -0.313. The monoisotopic (exact) mass is 321 g/mol. The van der Waals surface area contributed by atoms with Crippen LogP contribution in [-0.2, 0) is 4.79 Å². The van der Waals surface area contributed by atoms with Crippen molar-refractivity contribution in [3.8, 4) is 0 Å². The van der Waals surface area contributed by atoms with E-state index in [2.05, 4.69) is 5.32 Å². The van der Waals surface area contributed by atoms with Gasteiger partial charge in [0.2, 0.25) is 5.91 Å². The summed E-state index contributed by atoms with van der Waals surface area (Å²) in [4.78, 5) is 23.7. The number of nitrogens with one attached hydrogen (secondary N) is 1. The molecule has 2 aromatic carbocycles. The van der Waals surface area contributed by atoms with Crippen LogP contribution < -0.4 is 5.32 Å². The molecule has 0 aromatic heterocycles. The molecule has 0 aliphatic rings. The van der Waals surface area contributed by atoms with Crippen LogP contribution in [0.4, 0.5) is 5.69 Å². The maximum atomic E-state index is 11.9. The van der Waals surface area contributed by atoms with Crippen LogP contribution >= 0.6 is 23.2 Å². The Balaban J connectivity index is 1.89. The summed E-state index contributed by atoms with van der Waals surface area (Å²) >= 11 is 11.7. The average molecular weight is 322 g/mol. The first-order chi connectivity index (χ1) is 10.0. The third-order valence-electron chi connectivity index (χ3n) is 2.82. The third-order valence-corrected chi connectivity index (χ3v) is 3.26. The molecule has 1 amide bonds. The molecule has 0 fully saturated rings. The Morgan fingerprint density at radius 2 is 1.52 bits per heavy atom. The van der Waals surface area contributed by atoms with Crippen LogP contribution in [0.5, 0.6) is 0 Å². The second-order valence-electron chi connectivity index (χ2n) is 4.50. The fourth-order valence-corrected chi connectivity index (χ4v) is 2.37. The quantitative estimate of drug-likeness (QED) is 0.818. The topological polar surface area (TPSA) is 46.2 Å². The molecule has 0 unspecified atom stereocenters. The SMILES string of the molecule is O=C(CCC(=O)c1ccccc1)Nc1cc(Cl)cc(Cl)c1. The number of Topliss-reactive ketones (excluding diaryl/α,β-unsaturated/α-hetero) is 1. The van der Waals surface area contributed by atoms with E-state index in [0.29, 0.717) is 21.3 Å². The number of carbonyl (C=O) groups excluding carboxylic acids is 2. The van der Waals surface area contributed by atoms with Gasteiger partial charge in [0.15, 0.2) is 5.78 Å². The Morgan fingerprint density at radius 1 is 0.905 bits per heavy atom. The van der Waals surface area contributed by atoms with Gasteiger partial charge in [0.25, 0.3) is 0 Å². The van der Waals surface area contributed by atoms with Crippen LogP contribution in [0.1, 0.15) is 23.2 Å². The zero-order valence-electron chi connectivity index (χ0n) is 11.1. The first-order valence-electron chi connectivity index (χ1n) is 6.39. The van der Waals surface area contributed by atoms with Crippen molar-refractivity contribution in [2.45, 2.75) is 12.8 Å². The molecule has 3 nitrogen and oxygen atoms in total. The van der Waals surface area contributed by atoms with Crippen molar-refractivity contribution < 1.29 is 9.59 Å². The molecule has 1 N–H and O–H groups in total. The summed E-state index contributed by atoms with van der Waals surface area (Å²) in [5.41, 5.74) is 1.13. The molecule has 0 heterocycles. The highest BCUT2D eigenvalue weighted by molar-refractivity contribution is 6.35. The minimum Gasteiger partial charge on any atom is -0.326 e. The summed E-state index contributed by atoms with van der Waals surface area (Å²) < 4.78 is 0. The highest BCUT2D eigenvalue weighted by Gasteiger charge is 2.09. The van der Waals surface area contributed by atoms with Gasteiger partial charge in [0.05, 0.1) is 0 Å². The van der Waals surface area contributed by atoms with Crippen molar-refractivity contribution in [3.05, 3.63) is 64.1 Å². The van der Waals surface area contributed by atoms with E-state index < -0.39 is 0 Å². The van der Waals surface area contributed by atoms with Gasteiger partial charge in [0, 0.05) is 34.1 Å². The third kappa shape index (κ3) is 4.88. The minimum atomic E-state index is -0.252. The van der Waals surface area contributed by atoms with E-state index in [-0.39, 0.29) is 24.5 Å². The number of amides is 1. The van der Waals surface area contributed by atoms with E-state index in [1.807, 2.05) is 6.07 Å². The zero-order valence-corrected chi connectivity index (χ0v) is 12.6. The smallest absolute Gasteiger partial charge is 0.224 e. The van der Waals surface area contributed by atoms with Gasteiger partial charge >= 0.3 is 0 Å². The van der Waals surface area contributed by atoms with Gasteiger partial charge in [-0.25, -0.2) is 0 Å². The Kier molecular flexibility index (Phi) is 5.37. The zero-order chi connectivity index (χ0) is 15.2. The molecule has 5 heteroatoms. The molecule has 0 radical (unpaired) electrons. The lowest BCUT2D eigenvalue weighted by Gasteiger charge is -2.06. The maximum Gasteiger partial charge on any atom is 0.224 e. The van der Waals surface area contributed by atoms with Crippen LogP contribution in [0, 0.1) is 0 Å². The largest absolute Gasteiger partial charge is 0.326 e. The van der Waals surface area contributed by atoms with Crippen molar-refractivity contribution in [2.75, 3.05) is 5.32 Å². The number of rotatable bonds is 5. The number of halogens is 2. The maximum absolute atomic E-state index is 11.9. The van der Waals surface area contributed by atoms with Crippen LogP contribution in [0.25, 0.3) is 0 Å². The summed E-state index contributed by atoms with van der Waals surface area (Å²) in [6.07, 6.45) is 0.266. The molecule has 0 aliphatic carbocycles. The van der Waals surface area contributed by atoms with Crippen LogP contribution in [0.3, 0.4) is 0 Å². The second kappa shape index (κ2) is 7.25. The Hall–Kier alpha value is -1.84. The first kappa shape index (κ1) is 15.5. The number of carbonyl (C=O) groups is 2. The molecule has 0 spiro atoms.